The third-order valence-corrected chi connectivity index (χ3v) is 7.18. The number of piperidine rings is 1. The Bertz CT molecular complexity index is 512. The number of hydrogen-bond donors (Lipinski definition) is 0. The molecule has 5 heteroatoms. The van der Waals surface area contributed by atoms with Gasteiger partial charge in [0, 0.05) is 52.0 Å². The van der Waals surface area contributed by atoms with Crippen LogP contribution in [0.25, 0.3) is 0 Å². The molecular weight excluding hydrogens is 342 g/mol. The number of carbonyl (C=O) groups excluding carboxylic acids is 1. The van der Waals surface area contributed by atoms with Crippen LogP contribution in [0.1, 0.15) is 51.4 Å². The van der Waals surface area contributed by atoms with E-state index in [0.29, 0.717) is 17.7 Å². The van der Waals surface area contributed by atoms with E-state index in [2.05, 4.69) is 17.1 Å². The first-order valence-electron chi connectivity index (χ1n) is 11.0. The third-order valence-electron chi connectivity index (χ3n) is 7.18. The Kier molecular flexibility index (Phi) is 6.51. The average molecular weight is 378 g/mol. The molecule has 152 valence electrons. The highest BCUT2D eigenvalue weighted by Gasteiger charge is 2.46. The minimum atomic E-state index is -0.00720. The molecule has 1 spiro atoms. The van der Waals surface area contributed by atoms with Crippen molar-refractivity contribution in [3.8, 4) is 0 Å². The molecule has 3 heterocycles. The van der Waals surface area contributed by atoms with Crippen LogP contribution in [0, 0.1) is 17.8 Å². The van der Waals surface area contributed by atoms with Gasteiger partial charge in [-0.05, 0) is 63.2 Å². The van der Waals surface area contributed by atoms with E-state index in [0.717, 1.165) is 97.5 Å². The first-order valence-corrected chi connectivity index (χ1v) is 11.0. The van der Waals surface area contributed by atoms with Crippen LogP contribution in [0.2, 0.25) is 0 Å². The number of carbonyl (C=O) groups is 1. The Labute approximate surface area is 163 Å². The van der Waals surface area contributed by atoms with Gasteiger partial charge in [0.15, 0.2) is 0 Å². The van der Waals surface area contributed by atoms with Crippen molar-refractivity contribution in [2.45, 2.75) is 57.0 Å². The molecule has 0 saturated carbocycles. The van der Waals surface area contributed by atoms with Crippen molar-refractivity contribution < 1.29 is 19.0 Å². The van der Waals surface area contributed by atoms with Crippen molar-refractivity contribution in [3.63, 3.8) is 0 Å². The van der Waals surface area contributed by atoms with Crippen LogP contribution in [0.3, 0.4) is 0 Å². The van der Waals surface area contributed by atoms with Gasteiger partial charge in [-0.3, -0.25) is 4.79 Å². The normalized spacial score (nSPS) is 29.0. The highest BCUT2D eigenvalue weighted by atomic mass is 16.5. The monoisotopic (exact) mass is 377 g/mol. The lowest BCUT2D eigenvalue weighted by molar-refractivity contribution is -0.141. The summed E-state index contributed by atoms with van der Waals surface area (Å²) in [7, 11) is 0. The highest BCUT2D eigenvalue weighted by Crippen LogP contribution is 2.42. The molecule has 1 atom stereocenters. The van der Waals surface area contributed by atoms with Gasteiger partial charge in [-0.2, -0.15) is 0 Å². The number of nitrogens with zero attached hydrogens (tertiary/aromatic N) is 1. The summed E-state index contributed by atoms with van der Waals surface area (Å²) in [5.41, 5.74) is -0.00720. The predicted octanol–water partition coefficient (Wildman–Crippen LogP) is 3.18. The van der Waals surface area contributed by atoms with Crippen molar-refractivity contribution in [2.24, 2.45) is 17.8 Å². The molecule has 3 aliphatic heterocycles. The van der Waals surface area contributed by atoms with Gasteiger partial charge >= 0.3 is 0 Å². The summed E-state index contributed by atoms with van der Waals surface area (Å²) in [4.78, 5) is 14.7. The number of amides is 1. The topological polar surface area (TPSA) is 48.0 Å². The second-order valence-corrected chi connectivity index (χ2v) is 8.78. The smallest absolute Gasteiger partial charge is 0.226 e. The zero-order chi connectivity index (χ0) is 18.5. The lowest BCUT2D eigenvalue weighted by Gasteiger charge is -2.43. The fourth-order valence-corrected chi connectivity index (χ4v) is 5.32. The van der Waals surface area contributed by atoms with E-state index in [4.69, 9.17) is 14.2 Å². The van der Waals surface area contributed by atoms with Crippen LogP contribution < -0.4 is 0 Å². The second kappa shape index (κ2) is 9.06. The van der Waals surface area contributed by atoms with Gasteiger partial charge in [0.2, 0.25) is 5.91 Å². The first-order chi connectivity index (χ1) is 13.3. The zero-order valence-corrected chi connectivity index (χ0v) is 16.6. The number of likely N-dealkylation sites (tertiary alicyclic amines) is 1. The van der Waals surface area contributed by atoms with E-state index >= 15 is 0 Å². The van der Waals surface area contributed by atoms with E-state index < -0.39 is 0 Å². The molecule has 0 N–H and O–H groups in total. The summed E-state index contributed by atoms with van der Waals surface area (Å²) in [6.45, 7) is 6.07. The SMILES string of the molecule is O=C(C1CC=CC1)N1CCC2(CC1)OCC[C@H]2CCOCC1CCOCC1. The molecule has 0 aromatic carbocycles. The van der Waals surface area contributed by atoms with Gasteiger partial charge in [-0.1, -0.05) is 12.2 Å². The molecule has 4 aliphatic rings. The Hall–Kier alpha value is -0.910. The maximum absolute atomic E-state index is 12.7. The number of rotatable bonds is 6. The van der Waals surface area contributed by atoms with Crippen LogP contribution >= 0.6 is 0 Å². The zero-order valence-electron chi connectivity index (χ0n) is 16.6. The fraction of sp³-hybridized carbons (Fsp3) is 0.864. The van der Waals surface area contributed by atoms with Crippen LogP contribution in [0.5, 0.6) is 0 Å². The molecule has 3 fully saturated rings. The Balaban J connectivity index is 1.20. The van der Waals surface area contributed by atoms with Gasteiger partial charge in [0.1, 0.15) is 0 Å². The molecule has 0 bridgehead atoms. The number of hydrogen-bond acceptors (Lipinski definition) is 4. The fourth-order valence-electron chi connectivity index (χ4n) is 5.32. The molecule has 4 rings (SSSR count). The summed E-state index contributed by atoms with van der Waals surface area (Å²) in [6.07, 6.45) is 12.6. The van der Waals surface area contributed by atoms with E-state index in [9.17, 15) is 4.79 Å². The highest BCUT2D eigenvalue weighted by molar-refractivity contribution is 5.79. The molecule has 3 saturated heterocycles. The first kappa shape index (κ1) is 19.4. The largest absolute Gasteiger partial charge is 0.381 e. The van der Waals surface area contributed by atoms with E-state index in [1.807, 2.05) is 0 Å². The van der Waals surface area contributed by atoms with Crippen LogP contribution in [-0.2, 0) is 19.0 Å². The molecule has 1 amide bonds. The number of allylic oxidation sites excluding steroid dienone is 2. The maximum atomic E-state index is 12.7. The Morgan fingerprint density at radius 1 is 1.07 bits per heavy atom. The molecule has 0 aromatic rings. The molecule has 1 aliphatic carbocycles. The Morgan fingerprint density at radius 3 is 2.56 bits per heavy atom. The van der Waals surface area contributed by atoms with E-state index in [1.165, 1.54) is 0 Å². The van der Waals surface area contributed by atoms with Crippen molar-refractivity contribution in [1.29, 1.82) is 0 Å². The van der Waals surface area contributed by atoms with Crippen molar-refractivity contribution in [2.75, 3.05) is 46.1 Å². The summed E-state index contributed by atoms with van der Waals surface area (Å²) in [5, 5.41) is 0. The summed E-state index contributed by atoms with van der Waals surface area (Å²) < 4.78 is 17.7. The van der Waals surface area contributed by atoms with Gasteiger partial charge in [0.25, 0.3) is 0 Å². The van der Waals surface area contributed by atoms with Crippen molar-refractivity contribution in [1.82, 2.24) is 4.90 Å². The van der Waals surface area contributed by atoms with E-state index in [-0.39, 0.29) is 11.5 Å². The minimum Gasteiger partial charge on any atom is -0.381 e. The van der Waals surface area contributed by atoms with Crippen molar-refractivity contribution in [3.05, 3.63) is 12.2 Å². The molecule has 0 radical (unpaired) electrons. The van der Waals surface area contributed by atoms with Gasteiger partial charge in [-0.15, -0.1) is 0 Å². The lowest BCUT2D eigenvalue weighted by Crippen LogP contribution is -2.50. The number of ether oxygens (including phenoxy) is 3. The van der Waals surface area contributed by atoms with Gasteiger partial charge < -0.3 is 19.1 Å². The van der Waals surface area contributed by atoms with E-state index in [1.54, 1.807) is 0 Å². The summed E-state index contributed by atoms with van der Waals surface area (Å²) in [5.74, 6) is 1.80. The third kappa shape index (κ3) is 4.57. The average Bonchev–Trinajstić information content (AvgIpc) is 3.37. The quantitative estimate of drug-likeness (QED) is 0.527. The van der Waals surface area contributed by atoms with Gasteiger partial charge in [-0.25, -0.2) is 0 Å². The summed E-state index contributed by atoms with van der Waals surface area (Å²) in [6, 6.07) is 0. The van der Waals surface area contributed by atoms with Crippen molar-refractivity contribution >= 4 is 5.91 Å². The standard InChI is InChI=1S/C22H35NO4/c24-21(19-3-1-2-4-19)23-11-9-22(10-12-23)20(8-16-27-22)7-15-26-17-18-5-13-25-14-6-18/h1-2,18-20H,3-17H2/t20-/m1/s1. The van der Waals surface area contributed by atoms with Crippen LogP contribution in [-0.4, -0.2) is 62.5 Å². The molecule has 0 unspecified atom stereocenters. The van der Waals surface area contributed by atoms with Crippen LogP contribution in [0.4, 0.5) is 0 Å². The molecule has 0 aromatic heterocycles. The second-order valence-electron chi connectivity index (χ2n) is 8.78. The molecule has 5 nitrogen and oxygen atoms in total. The Morgan fingerprint density at radius 2 is 1.81 bits per heavy atom. The summed E-state index contributed by atoms with van der Waals surface area (Å²) >= 11 is 0. The van der Waals surface area contributed by atoms with Crippen LogP contribution in [0.15, 0.2) is 12.2 Å². The van der Waals surface area contributed by atoms with Gasteiger partial charge in [0.05, 0.1) is 5.60 Å². The predicted molar refractivity (Wildman–Crippen MR) is 103 cm³/mol. The molecular formula is C22H35NO4. The molecule has 27 heavy (non-hydrogen) atoms. The lowest BCUT2D eigenvalue weighted by atomic mass is 9.78. The maximum Gasteiger partial charge on any atom is 0.226 e. The minimum absolute atomic E-state index is 0.00720.